The number of aliphatic imine (C=N–C) groups is 1. The fourth-order valence-electron chi connectivity index (χ4n) is 3.96. The summed E-state index contributed by atoms with van der Waals surface area (Å²) in [6.07, 6.45) is 2.13. The molecule has 1 heterocycles. The summed E-state index contributed by atoms with van der Waals surface area (Å²) in [6.45, 7) is 15.2. The van der Waals surface area contributed by atoms with Gasteiger partial charge in [0.25, 0.3) is 0 Å². The summed E-state index contributed by atoms with van der Waals surface area (Å²) in [5.41, 5.74) is 1.44. The molecule has 1 aromatic rings. The van der Waals surface area contributed by atoms with Crippen LogP contribution < -0.4 is 10.6 Å². The van der Waals surface area contributed by atoms with E-state index in [1.807, 2.05) is 4.90 Å². The molecule has 0 radical (unpaired) electrons. The Bertz CT molecular complexity index is 634. The summed E-state index contributed by atoms with van der Waals surface area (Å²) in [7, 11) is 0. The van der Waals surface area contributed by atoms with Crippen molar-refractivity contribution in [2.75, 3.05) is 52.4 Å². The highest BCUT2D eigenvalue weighted by atomic mass is 16.2. The van der Waals surface area contributed by atoms with Gasteiger partial charge >= 0.3 is 0 Å². The summed E-state index contributed by atoms with van der Waals surface area (Å²) in [4.78, 5) is 20.7. The van der Waals surface area contributed by atoms with Gasteiger partial charge in [0.2, 0.25) is 5.91 Å². The molecule has 1 saturated heterocycles. The second-order valence-electron chi connectivity index (χ2n) is 7.82. The normalized spacial score (nSPS) is 16.0. The first kappa shape index (κ1) is 23.2. The largest absolute Gasteiger partial charge is 0.357 e. The molecule has 1 aliphatic rings. The Hall–Kier alpha value is -2.08. The van der Waals surface area contributed by atoms with Crippen LogP contribution in [0.4, 0.5) is 0 Å². The van der Waals surface area contributed by atoms with Crippen molar-refractivity contribution >= 4 is 11.9 Å². The van der Waals surface area contributed by atoms with E-state index < -0.39 is 0 Å². The third-order valence-electron chi connectivity index (χ3n) is 6.16. The van der Waals surface area contributed by atoms with E-state index in [0.717, 1.165) is 71.2 Å². The van der Waals surface area contributed by atoms with Crippen molar-refractivity contribution in [1.29, 1.82) is 0 Å². The van der Waals surface area contributed by atoms with Gasteiger partial charge in [-0.15, -0.1) is 0 Å². The third kappa shape index (κ3) is 6.74. The first-order chi connectivity index (χ1) is 14.0. The zero-order chi connectivity index (χ0) is 21.1. The number of piperazine rings is 1. The fourth-order valence-corrected chi connectivity index (χ4v) is 3.96. The van der Waals surface area contributed by atoms with Gasteiger partial charge in [-0.05, 0) is 25.3 Å². The zero-order valence-electron chi connectivity index (χ0n) is 18.7. The van der Waals surface area contributed by atoms with E-state index in [9.17, 15) is 4.79 Å². The Balaban J connectivity index is 1.91. The van der Waals surface area contributed by atoms with Gasteiger partial charge in [-0.1, -0.05) is 44.2 Å². The SMILES string of the molecule is CCNC(=NCC(CC)(CC)c1ccccc1)NCCN1CCN(C(C)=O)CC1. The Labute approximate surface area is 176 Å². The van der Waals surface area contributed by atoms with Crippen LogP contribution in [0.1, 0.15) is 46.1 Å². The van der Waals surface area contributed by atoms with Crippen LogP contribution in [0.2, 0.25) is 0 Å². The maximum absolute atomic E-state index is 11.5. The number of hydrogen-bond acceptors (Lipinski definition) is 3. The molecule has 0 aliphatic carbocycles. The molecule has 0 unspecified atom stereocenters. The van der Waals surface area contributed by atoms with Crippen molar-refractivity contribution in [3.63, 3.8) is 0 Å². The Kier molecular flexibility index (Phi) is 9.45. The smallest absolute Gasteiger partial charge is 0.219 e. The number of hydrogen-bond donors (Lipinski definition) is 2. The van der Waals surface area contributed by atoms with Gasteiger partial charge in [0.05, 0.1) is 6.54 Å². The van der Waals surface area contributed by atoms with E-state index in [4.69, 9.17) is 4.99 Å². The third-order valence-corrected chi connectivity index (χ3v) is 6.16. The van der Waals surface area contributed by atoms with Gasteiger partial charge < -0.3 is 15.5 Å². The van der Waals surface area contributed by atoms with Crippen molar-refractivity contribution in [3.05, 3.63) is 35.9 Å². The number of benzene rings is 1. The minimum Gasteiger partial charge on any atom is -0.357 e. The highest BCUT2D eigenvalue weighted by molar-refractivity contribution is 5.79. The zero-order valence-corrected chi connectivity index (χ0v) is 18.7. The Morgan fingerprint density at radius 2 is 1.69 bits per heavy atom. The molecule has 1 amide bonds. The molecule has 162 valence electrons. The van der Waals surface area contributed by atoms with Crippen molar-refractivity contribution < 1.29 is 4.79 Å². The molecule has 0 saturated carbocycles. The average molecular weight is 402 g/mol. The molecule has 2 rings (SSSR count). The van der Waals surface area contributed by atoms with Crippen LogP contribution in [0.25, 0.3) is 0 Å². The quantitative estimate of drug-likeness (QED) is 0.493. The van der Waals surface area contributed by atoms with Crippen molar-refractivity contribution in [2.24, 2.45) is 4.99 Å². The summed E-state index contributed by atoms with van der Waals surface area (Å²) in [6, 6.07) is 10.8. The molecule has 29 heavy (non-hydrogen) atoms. The fraction of sp³-hybridized carbons (Fsp3) is 0.652. The van der Waals surface area contributed by atoms with Gasteiger partial charge in [-0.25, -0.2) is 0 Å². The number of nitrogens with one attached hydrogen (secondary N) is 2. The number of carbonyl (C=O) groups is 1. The molecular weight excluding hydrogens is 362 g/mol. The lowest BCUT2D eigenvalue weighted by Crippen LogP contribution is -2.50. The molecular formula is C23H39N5O. The van der Waals surface area contributed by atoms with E-state index >= 15 is 0 Å². The van der Waals surface area contributed by atoms with Gasteiger partial charge in [0, 0.05) is 58.2 Å². The number of rotatable bonds is 9. The van der Waals surface area contributed by atoms with Crippen LogP contribution in [0, 0.1) is 0 Å². The highest BCUT2D eigenvalue weighted by Gasteiger charge is 2.28. The highest BCUT2D eigenvalue weighted by Crippen LogP contribution is 2.31. The average Bonchev–Trinajstić information content (AvgIpc) is 2.76. The van der Waals surface area contributed by atoms with Crippen LogP contribution >= 0.6 is 0 Å². The van der Waals surface area contributed by atoms with E-state index in [1.165, 1.54) is 5.56 Å². The number of guanidine groups is 1. The molecule has 0 aromatic heterocycles. The molecule has 1 fully saturated rings. The summed E-state index contributed by atoms with van der Waals surface area (Å²) >= 11 is 0. The maximum atomic E-state index is 11.5. The number of nitrogens with zero attached hydrogens (tertiary/aromatic N) is 3. The standard InChI is InChI=1S/C23H39N5O/c1-5-23(6-2,21-11-9-8-10-12-21)19-26-22(24-7-3)25-13-14-27-15-17-28(18-16-27)20(4)29/h8-12H,5-7,13-19H2,1-4H3,(H2,24,25,26). The number of carbonyl (C=O) groups excluding carboxylic acids is 1. The van der Waals surface area contributed by atoms with E-state index in [1.54, 1.807) is 6.92 Å². The molecule has 6 nitrogen and oxygen atoms in total. The summed E-state index contributed by atoms with van der Waals surface area (Å²) in [5.74, 6) is 1.06. The topological polar surface area (TPSA) is 60.0 Å². The van der Waals surface area contributed by atoms with Crippen LogP contribution in [0.3, 0.4) is 0 Å². The predicted molar refractivity (Wildman–Crippen MR) is 121 cm³/mol. The van der Waals surface area contributed by atoms with Crippen molar-refractivity contribution in [3.8, 4) is 0 Å². The Morgan fingerprint density at radius 1 is 1.03 bits per heavy atom. The molecule has 0 spiro atoms. The van der Waals surface area contributed by atoms with Gasteiger partial charge in [-0.2, -0.15) is 0 Å². The molecule has 1 aromatic carbocycles. The lowest BCUT2D eigenvalue weighted by atomic mass is 9.76. The van der Waals surface area contributed by atoms with Crippen LogP contribution in [0.15, 0.2) is 35.3 Å². The van der Waals surface area contributed by atoms with Crippen LogP contribution in [-0.2, 0) is 10.2 Å². The van der Waals surface area contributed by atoms with E-state index in [-0.39, 0.29) is 11.3 Å². The van der Waals surface area contributed by atoms with E-state index in [0.29, 0.717) is 0 Å². The Morgan fingerprint density at radius 3 is 2.24 bits per heavy atom. The molecule has 0 atom stereocenters. The van der Waals surface area contributed by atoms with Gasteiger partial charge in [-0.3, -0.25) is 14.7 Å². The minimum absolute atomic E-state index is 0.0760. The molecule has 6 heteroatoms. The first-order valence-electron chi connectivity index (χ1n) is 11.1. The summed E-state index contributed by atoms with van der Waals surface area (Å²) in [5, 5.41) is 6.87. The van der Waals surface area contributed by atoms with Gasteiger partial charge in [0.15, 0.2) is 5.96 Å². The minimum atomic E-state index is 0.0760. The van der Waals surface area contributed by atoms with Gasteiger partial charge in [0.1, 0.15) is 0 Å². The van der Waals surface area contributed by atoms with Crippen molar-refractivity contribution in [2.45, 2.75) is 46.0 Å². The second kappa shape index (κ2) is 11.8. The molecule has 2 N–H and O–H groups in total. The lowest BCUT2D eigenvalue weighted by molar-refractivity contribution is -0.130. The predicted octanol–water partition coefficient (Wildman–Crippen LogP) is 2.46. The lowest BCUT2D eigenvalue weighted by Gasteiger charge is -2.34. The van der Waals surface area contributed by atoms with Crippen molar-refractivity contribution in [1.82, 2.24) is 20.4 Å². The first-order valence-corrected chi connectivity index (χ1v) is 11.1. The van der Waals surface area contributed by atoms with E-state index in [2.05, 4.69) is 66.6 Å². The molecule has 0 bridgehead atoms. The number of amides is 1. The summed E-state index contributed by atoms with van der Waals surface area (Å²) < 4.78 is 0. The van der Waals surface area contributed by atoms with Crippen LogP contribution in [0.5, 0.6) is 0 Å². The van der Waals surface area contributed by atoms with Crippen LogP contribution in [-0.4, -0.2) is 74.0 Å². The monoisotopic (exact) mass is 401 g/mol. The molecule has 1 aliphatic heterocycles. The maximum Gasteiger partial charge on any atom is 0.219 e. The second-order valence-corrected chi connectivity index (χ2v) is 7.82.